The predicted molar refractivity (Wildman–Crippen MR) is 106 cm³/mol. The summed E-state index contributed by atoms with van der Waals surface area (Å²) in [6, 6.07) is 14.9. The lowest BCUT2D eigenvalue weighted by atomic mass is 9.82. The molecule has 0 N–H and O–H groups in total. The van der Waals surface area contributed by atoms with Crippen LogP contribution in [-0.2, 0) is 4.74 Å². The molecule has 138 valence electrons. The van der Waals surface area contributed by atoms with Gasteiger partial charge in [0.15, 0.2) is 0 Å². The Bertz CT molecular complexity index is 701. The average molecular weight is 371 g/mol. The molecular weight excluding hydrogens is 344 g/mol. The normalized spacial score (nSPS) is 19.9. The maximum atomic E-state index is 12.3. The Morgan fingerprint density at radius 2 is 1.65 bits per heavy atom. The minimum absolute atomic E-state index is 0.333. The Kier molecular flexibility index (Phi) is 6.75. The first-order valence-electron chi connectivity index (χ1n) is 9.38. The highest BCUT2D eigenvalue weighted by Crippen LogP contribution is 2.34. The number of rotatable bonds is 6. The monoisotopic (exact) mass is 370 g/mol. The maximum absolute atomic E-state index is 12.3. The first kappa shape index (κ1) is 19.0. The summed E-state index contributed by atoms with van der Waals surface area (Å²) in [5.41, 5.74) is 1.87. The van der Waals surface area contributed by atoms with Crippen LogP contribution in [0.25, 0.3) is 0 Å². The number of carbonyl (C=O) groups is 1. The second kappa shape index (κ2) is 9.24. The third-order valence-electron chi connectivity index (χ3n) is 4.90. The third-order valence-corrected chi connectivity index (χ3v) is 5.20. The molecule has 0 heterocycles. The van der Waals surface area contributed by atoms with Gasteiger partial charge in [0.25, 0.3) is 0 Å². The molecular formula is C22H26O3S. The first-order valence-corrected chi connectivity index (χ1v) is 9.83. The van der Waals surface area contributed by atoms with Crippen molar-refractivity contribution >= 4 is 18.6 Å². The van der Waals surface area contributed by atoms with E-state index in [-0.39, 0.29) is 5.97 Å². The van der Waals surface area contributed by atoms with E-state index in [1.165, 1.54) is 5.56 Å². The minimum Gasteiger partial charge on any atom is -0.423 e. The number of hydrogen-bond donors (Lipinski definition) is 1. The molecule has 3 rings (SSSR count). The fourth-order valence-electron chi connectivity index (χ4n) is 3.42. The molecule has 1 aliphatic carbocycles. The van der Waals surface area contributed by atoms with E-state index in [2.05, 4.69) is 31.7 Å². The van der Waals surface area contributed by atoms with Crippen LogP contribution in [0.4, 0.5) is 0 Å². The summed E-state index contributed by atoms with van der Waals surface area (Å²) < 4.78 is 11.3. The van der Waals surface area contributed by atoms with Crippen LogP contribution >= 0.6 is 12.6 Å². The lowest BCUT2D eigenvalue weighted by molar-refractivity contribution is 0.0251. The van der Waals surface area contributed by atoms with Crippen molar-refractivity contribution in [2.45, 2.75) is 55.9 Å². The largest absolute Gasteiger partial charge is 0.423 e. The average Bonchev–Trinajstić information content (AvgIpc) is 2.68. The lowest BCUT2D eigenvalue weighted by Crippen LogP contribution is -2.21. The first-order chi connectivity index (χ1) is 12.7. The summed E-state index contributed by atoms with van der Waals surface area (Å²) in [7, 11) is 0. The van der Waals surface area contributed by atoms with Gasteiger partial charge in [0.1, 0.15) is 5.75 Å². The van der Waals surface area contributed by atoms with Crippen LogP contribution in [0.1, 0.15) is 60.9 Å². The second-order valence-corrected chi connectivity index (χ2v) is 7.37. The van der Waals surface area contributed by atoms with Gasteiger partial charge in [0, 0.05) is 11.5 Å². The van der Waals surface area contributed by atoms with Crippen molar-refractivity contribution in [3.8, 4) is 5.75 Å². The molecule has 0 aromatic heterocycles. The van der Waals surface area contributed by atoms with E-state index in [4.69, 9.17) is 9.47 Å². The summed E-state index contributed by atoms with van der Waals surface area (Å²) in [5.74, 6) is 0.756. The van der Waals surface area contributed by atoms with Crippen molar-refractivity contribution in [2.24, 2.45) is 0 Å². The molecule has 0 aliphatic heterocycles. The van der Waals surface area contributed by atoms with Crippen LogP contribution in [0.5, 0.6) is 5.75 Å². The number of carbonyl (C=O) groups excluding carboxylic acids is 1. The Morgan fingerprint density at radius 3 is 2.27 bits per heavy atom. The van der Waals surface area contributed by atoms with Crippen LogP contribution in [-0.4, -0.2) is 18.7 Å². The van der Waals surface area contributed by atoms with E-state index in [1.54, 1.807) is 24.3 Å². The molecule has 0 saturated heterocycles. The molecule has 4 heteroatoms. The number of thiol groups is 1. The number of hydrogen-bond acceptors (Lipinski definition) is 4. The lowest BCUT2D eigenvalue weighted by Gasteiger charge is -2.28. The summed E-state index contributed by atoms with van der Waals surface area (Å²) in [5, 5.41) is 0. The molecule has 0 atom stereocenters. The quantitative estimate of drug-likeness (QED) is 0.406. The zero-order chi connectivity index (χ0) is 18.4. The fourth-order valence-corrected chi connectivity index (χ4v) is 3.57. The van der Waals surface area contributed by atoms with Gasteiger partial charge in [-0.3, -0.25) is 0 Å². The molecule has 0 bridgehead atoms. The number of benzene rings is 2. The van der Waals surface area contributed by atoms with Crippen molar-refractivity contribution in [1.29, 1.82) is 0 Å². The molecule has 0 spiro atoms. The molecule has 0 radical (unpaired) electrons. The molecule has 2 aromatic carbocycles. The zero-order valence-corrected chi connectivity index (χ0v) is 16.1. The third kappa shape index (κ3) is 5.12. The molecule has 0 unspecified atom stereocenters. The topological polar surface area (TPSA) is 35.5 Å². The van der Waals surface area contributed by atoms with Crippen LogP contribution in [0.15, 0.2) is 53.4 Å². The maximum Gasteiger partial charge on any atom is 0.343 e. The van der Waals surface area contributed by atoms with Crippen molar-refractivity contribution < 1.29 is 14.3 Å². The predicted octanol–water partition coefficient (Wildman–Crippen LogP) is 5.65. The Labute approximate surface area is 161 Å². The van der Waals surface area contributed by atoms with Gasteiger partial charge in [0.2, 0.25) is 0 Å². The van der Waals surface area contributed by atoms with Gasteiger partial charge >= 0.3 is 5.97 Å². The summed E-state index contributed by atoms with van der Waals surface area (Å²) in [6.07, 6.45) is 6.04. The Balaban J connectivity index is 1.55. The molecule has 1 aliphatic rings. The Hall–Kier alpha value is -1.78. The van der Waals surface area contributed by atoms with Crippen LogP contribution < -0.4 is 4.74 Å². The van der Waals surface area contributed by atoms with Crippen molar-refractivity contribution in [3.63, 3.8) is 0 Å². The highest BCUT2D eigenvalue weighted by molar-refractivity contribution is 7.80. The van der Waals surface area contributed by atoms with Gasteiger partial charge in [-0.1, -0.05) is 19.1 Å². The van der Waals surface area contributed by atoms with Gasteiger partial charge in [-0.2, -0.15) is 0 Å². The summed E-state index contributed by atoms with van der Waals surface area (Å²) in [6.45, 7) is 3.01. The van der Waals surface area contributed by atoms with E-state index < -0.39 is 0 Å². The van der Waals surface area contributed by atoms with E-state index in [9.17, 15) is 4.79 Å². The summed E-state index contributed by atoms with van der Waals surface area (Å²) in [4.78, 5) is 13.1. The van der Waals surface area contributed by atoms with Gasteiger partial charge in [0.05, 0.1) is 11.7 Å². The molecule has 2 aromatic rings. The SMILES string of the molecule is CCCOC1CCC(c2ccc(C(=O)Oc3ccc(S)cc3)cc2)CC1. The highest BCUT2D eigenvalue weighted by Gasteiger charge is 2.23. The number of esters is 1. The van der Waals surface area contributed by atoms with Gasteiger partial charge in [-0.05, 0) is 80.0 Å². The highest BCUT2D eigenvalue weighted by atomic mass is 32.1. The van der Waals surface area contributed by atoms with Crippen molar-refractivity contribution in [1.82, 2.24) is 0 Å². The van der Waals surface area contributed by atoms with Gasteiger partial charge < -0.3 is 9.47 Å². The smallest absolute Gasteiger partial charge is 0.343 e. The van der Waals surface area contributed by atoms with Gasteiger partial charge in [-0.15, -0.1) is 12.6 Å². The van der Waals surface area contributed by atoms with E-state index in [1.807, 2.05) is 12.1 Å². The second-order valence-electron chi connectivity index (χ2n) is 6.85. The van der Waals surface area contributed by atoms with Crippen molar-refractivity contribution in [2.75, 3.05) is 6.61 Å². The van der Waals surface area contributed by atoms with Crippen LogP contribution in [0.2, 0.25) is 0 Å². The van der Waals surface area contributed by atoms with Crippen molar-refractivity contribution in [3.05, 3.63) is 59.7 Å². The molecule has 1 fully saturated rings. The molecule has 26 heavy (non-hydrogen) atoms. The van der Waals surface area contributed by atoms with E-state index in [0.717, 1.165) is 43.6 Å². The van der Waals surface area contributed by atoms with Crippen LogP contribution in [0.3, 0.4) is 0 Å². The minimum atomic E-state index is -0.333. The van der Waals surface area contributed by atoms with Gasteiger partial charge in [-0.25, -0.2) is 4.79 Å². The molecule has 3 nitrogen and oxygen atoms in total. The summed E-state index contributed by atoms with van der Waals surface area (Å²) >= 11 is 4.23. The zero-order valence-electron chi connectivity index (χ0n) is 15.2. The molecule has 1 saturated carbocycles. The standard InChI is InChI=1S/C22H26O3S/c1-2-15-24-19-9-7-17(8-10-19)16-3-5-18(6-4-16)22(23)25-20-11-13-21(26)14-12-20/h3-6,11-14,17,19,26H,2,7-10,15H2,1H3. The number of ether oxygens (including phenoxy) is 2. The fraction of sp³-hybridized carbons (Fsp3) is 0.409. The van der Waals surface area contributed by atoms with E-state index >= 15 is 0 Å². The Morgan fingerprint density at radius 1 is 1.00 bits per heavy atom. The van der Waals surface area contributed by atoms with E-state index in [0.29, 0.717) is 23.3 Å². The molecule has 0 amide bonds. The van der Waals surface area contributed by atoms with Crippen LogP contribution in [0, 0.1) is 0 Å².